The van der Waals surface area contributed by atoms with Crippen LogP contribution >= 0.6 is 11.3 Å². The molecule has 1 aliphatic heterocycles. The molecule has 0 bridgehead atoms. The van der Waals surface area contributed by atoms with Gasteiger partial charge in [0.05, 0.1) is 29.4 Å². The predicted octanol–water partition coefficient (Wildman–Crippen LogP) is 5.65. The van der Waals surface area contributed by atoms with Crippen LogP contribution in [-0.4, -0.2) is 65.0 Å². The second-order valence-electron chi connectivity index (χ2n) is 12.7. The first-order valence-electron chi connectivity index (χ1n) is 14.8. The van der Waals surface area contributed by atoms with E-state index < -0.39 is 58.7 Å². The average Bonchev–Trinajstić information content (AvgIpc) is 3.30. The third kappa shape index (κ3) is 6.73. The van der Waals surface area contributed by atoms with Crippen molar-refractivity contribution in [1.82, 2.24) is 15.2 Å². The van der Waals surface area contributed by atoms with Gasteiger partial charge in [-0.2, -0.15) is 13.2 Å². The largest absolute Gasteiger partial charge is 0.467 e. The minimum absolute atomic E-state index is 0.0339. The topological polar surface area (TPSA) is 110 Å². The molecule has 9 nitrogen and oxygen atoms in total. The Kier molecular flexibility index (Phi) is 8.78. The number of methoxy groups -OCH3 is 1. The second-order valence-corrected chi connectivity index (χ2v) is 13.7. The lowest BCUT2D eigenvalue weighted by atomic mass is 9.85. The molecule has 2 aromatic carbocycles. The maximum atomic E-state index is 14.3. The van der Waals surface area contributed by atoms with Crippen molar-refractivity contribution in [2.45, 2.75) is 76.9 Å². The monoisotopic (exact) mass is 646 g/mol. The van der Waals surface area contributed by atoms with Gasteiger partial charge in [0.25, 0.3) is 5.19 Å². The number of benzene rings is 2. The molecule has 0 radical (unpaired) electrons. The summed E-state index contributed by atoms with van der Waals surface area (Å²) in [5.74, 6) is -1.64. The van der Waals surface area contributed by atoms with Crippen molar-refractivity contribution in [2.75, 3.05) is 19.0 Å². The molecule has 2 aliphatic rings. The third-order valence-corrected chi connectivity index (χ3v) is 9.43. The molecule has 5 rings (SSSR count). The number of nitrogens with one attached hydrogen (secondary N) is 2. The van der Waals surface area contributed by atoms with Crippen LogP contribution < -0.4 is 15.4 Å². The van der Waals surface area contributed by atoms with Gasteiger partial charge in [-0.25, -0.2) is 9.78 Å². The standard InChI is InChI=1S/C32H37F3N4O5S/c1-6-18-16-31(18,28(42)43-5)38-26(40)23-15-21(44-29-37-22-12-7-8-13-24(22)45-29)17-39(23)27(41)25(30(2,3)4)36-20-11-9-10-19(14-20)32(33,34)35/h7-14,18,21,23,25,36H,6,15-17H2,1-5H3,(H,38,40). The van der Waals surface area contributed by atoms with Crippen molar-refractivity contribution in [1.29, 1.82) is 0 Å². The van der Waals surface area contributed by atoms with Crippen LogP contribution in [0.2, 0.25) is 0 Å². The zero-order chi connectivity index (χ0) is 32.7. The number of thiazole rings is 1. The third-order valence-electron chi connectivity index (χ3n) is 8.50. The van der Waals surface area contributed by atoms with E-state index in [2.05, 4.69) is 15.6 Å². The number of anilines is 1. The van der Waals surface area contributed by atoms with Crippen LogP contribution in [0.25, 0.3) is 10.2 Å². The Balaban J connectivity index is 1.44. The molecule has 2 N–H and O–H groups in total. The maximum absolute atomic E-state index is 14.3. The maximum Gasteiger partial charge on any atom is 0.416 e. The highest BCUT2D eigenvalue weighted by Crippen LogP contribution is 2.47. The summed E-state index contributed by atoms with van der Waals surface area (Å²) in [5, 5.41) is 6.28. The second kappa shape index (κ2) is 12.1. The van der Waals surface area contributed by atoms with Crippen molar-refractivity contribution in [3.63, 3.8) is 0 Å². The van der Waals surface area contributed by atoms with Crippen molar-refractivity contribution >= 4 is 45.0 Å². The molecule has 45 heavy (non-hydrogen) atoms. The number of halogens is 3. The number of alkyl halides is 3. The van der Waals surface area contributed by atoms with Gasteiger partial charge in [0.15, 0.2) is 0 Å². The number of para-hydroxylation sites is 1. The number of nitrogens with zero attached hydrogens (tertiary/aromatic N) is 2. The molecule has 2 heterocycles. The van der Waals surface area contributed by atoms with Gasteiger partial charge >= 0.3 is 12.1 Å². The fourth-order valence-corrected chi connectivity index (χ4v) is 6.83. The van der Waals surface area contributed by atoms with E-state index in [1.165, 1.54) is 35.5 Å². The summed E-state index contributed by atoms with van der Waals surface area (Å²) in [5.41, 5.74) is -1.90. The zero-order valence-corrected chi connectivity index (χ0v) is 26.6. The van der Waals surface area contributed by atoms with Gasteiger partial charge in [0, 0.05) is 12.1 Å². The van der Waals surface area contributed by atoms with Gasteiger partial charge < -0.3 is 25.0 Å². The molecule has 2 amide bonds. The van der Waals surface area contributed by atoms with Crippen molar-refractivity contribution in [3.8, 4) is 5.19 Å². The molecule has 5 unspecified atom stereocenters. The van der Waals surface area contributed by atoms with Gasteiger partial charge in [-0.3, -0.25) is 9.59 Å². The van der Waals surface area contributed by atoms with E-state index in [4.69, 9.17) is 9.47 Å². The number of ether oxygens (including phenoxy) is 2. The van der Waals surface area contributed by atoms with Gasteiger partial charge in [0.1, 0.15) is 23.7 Å². The normalized spacial score (nSPS) is 23.8. The molecule has 1 saturated heterocycles. The number of amides is 2. The fourth-order valence-electron chi connectivity index (χ4n) is 5.95. The minimum atomic E-state index is -4.56. The summed E-state index contributed by atoms with van der Waals surface area (Å²) in [6.45, 7) is 7.32. The van der Waals surface area contributed by atoms with E-state index in [1.54, 1.807) is 20.8 Å². The molecule has 242 valence electrons. The van der Waals surface area contributed by atoms with E-state index in [0.717, 1.165) is 22.3 Å². The lowest BCUT2D eigenvalue weighted by Gasteiger charge is -2.36. The van der Waals surface area contributed by atoms with Crippen LogP contribution in [0.4, 0.5) is 18.9 Å². The van der Waals surface area contributed by atoms with Crippen molar-refractivity contribution < 1.29 is 37.0 Å². The molecular formula is C32H37F3N4O5S. The molecule has 3 aromatic rings. The van der Waals surface area contributed by atoms with Crippen molar-refractivity contribution in [3.05, 3.63) is 54.1 Å². The molecule has 0 spiro atoms. The Hall–Kier alpha value is -3.87. The summed E-state index contributed by atoms with van der Waals surface area (Å²) in [7, 11) is 1.27. The Morgan fingerprint density at radius 1 is 1.13 bits per heavy atom. The number of rotatable bonds is 9. The first kappa shape index (κ1) is 32.5. The van der Waals surface area contributed by atoms with E-state index in [1.807, 2.05) is 31.2 Å². The van der Waals surface area contributed by atoms with Gasteiger partial charge in [-0.1, -0.05) is 63.7 Å². The van der Waals surface area contributed by atoms with Crippen LogP contribution in [0.1, 0.15) is 52.5 Å². The van der Waals surface area contributed by atoms with E-state index in [-0.39, 0.29) is 24.6 Å². The summed E-state index contributed by atoms with van der Waals surface area (Å²) in [6, 6.07) is 10.2. The first-order chi connectivity index (χ1) is 21.2. The summed E-state index contributed by atoms with van der Waals surface area (Å²) in [6.07, 6.45) is -3.96. The summed E-state index contributed by atoms with van der Waals surface area (Å²) < 4.78 is 52.5. The average molecular weight is 647 g/mol. The molecule has 1 aliphatic carbocycles. The van der Waals surface area contributed by atoms with Gasteiger partial charge in [0.2, 0.25) is 11.8 Å². The molecule has 1 aromatic heterocycles. The Morgan fingerprint density at radius 3 is 2.49 bits per heavy atom. The smallest absolute Gasteiger partial charge is 0.416 e. The van der Waals surface area contributed by atoms with Crippen LogP contribution in [0, 0.1) is 11.3 Å². The highest BCUT2D eigenvalue weighted by molar-refractivity contribution is 7.20. The molecular weight excluding hydrogens is 609 g/mol. The quantitative estimate of drug-likeness (QED) is 0.289. The molecule has 13 heteroatoms. The van der Waals surface area contributed by atoms with E-state index in [9.17, 15) is 27.6 Å². The summed E-state index contributed by atoms with van der Waals surface area (Å²) in [4.78, 5) is 46.9. The van der Waals surface area contributed by atoms with Crippen LogP contribution in [0.3, 0.4) is 0 Å². The van der Waals surface area contributed by atoms with Crippen LogP contribution in [-0.2, 0) is 25.3 Å². The number of hydrogen-bond acceptors (Lipinski definition) is 8. The highest BCUT2D eigenvalue weighted by Gasteiger charge is 2.62. The Bertz CT molecular complexity index is 1560. The molecule has 1 saturated carbocycles. The Labute approximate surface area is 263 Å². The highest BCUT2D eigenvalue weighted by atomic mass is 32.1. The SMILES string of the molecule is CCC1CC1(NC(=O)C1CC(Oc2nc3ccccc3s2)CN1C(=O)C(Nc1cccc(C(F)(F)F)c1)C(C)(C)C)C(=O)OC. The minimum Gasteiger partial charge on any atom is -0.467 e. The van der Waals surface area contributed by atoms with Gasteiger partial charge in [-0.15, -0.1) is 0 Å². The number of likely N-dealkylation sites (tertiary alicyclic amines) is 1. The lowest BCUT2D eigenvalue weighted by molar-refractivity contribution is -0.148. The number of fused-ring (bicyclic) bond motifs is 1. The number of esters is 1. The first-order valence-corrected chi connectivity index (χ1v) is 15.6. The molecule has 5 atom stereocenters. The number of hydrogen-bond donors (Lipinski definition) is 2. The fraction of sp³-hybridized carbons (Fsp3) is 0.500. The zero-order valence-electron chi connectivity index (χ0n) is 25.7. The number of carbonyl (C=O) groups excluding carboxylic acids is 3. The predicted molar refractivity (Wildman–Crippen MR) is 164 cm³/mol. The van der Waals surface area contributed by atoms with Crippen molar-refractivity contribution in [2.24, 2.45) is 11.3 Å². The number of carbonyl (C=O) groups is 3. The van der Waals surface area contributed by atoms with E-state index in [0.29, 0.717) is 18.0 Å². The lowest BCUT2D eigenvalue weighted by Crippen LogP contribution is -2.57. The summed E-state index contributed by atoms with van der Waals surface area (Å²) >= 11 is 1.35. The van der Waals surface area contributed by atoms with Gasteiger partial charge in [-0.05, 0) is 48.1 Å². The Morgan fingerprint density at radius 2 is 1.87 bits per heavy atom. The number of aromatic nitrogens is 1. The van der Waals surface area contributed by atoms with Crippen LogP contribution in [0.5, 0.6) is 5.19 Å². The van der Waals surface area contributed by atoms with Crippen LogP contribution in [0.15, 0.2) is 48.5 Å². The van der Waals surface area contributed by atoms with E-state index >= 15 is 0 Å². The molecule has 2 fully saturated rings.